The molecular formula is C10H17NO. The van der Waals surface area contributed by atoms with Crippen LogP contribution in [0.1, 0.15) is 39.0 Å². The van der Waals surface area contributed by atoms with Gasteiger partial charge in [-0.1, -0.05) is 32.8 Å². The van der Waals surface area contributed by atoms with E-state index in [9.17, 15) is 4.79 Å². The molecule has 0 saturated carbocycles. The molecule has 0 radical (unpaired) electrons. The molecule has 68 valence electrons. The standard InChI is InChI=1S/C10H17NO/c1-3-5-6-7-8-9-11-10(12)4-2/h4,9H,2-3,5-8H2,1H3. The van der Waals surface area contributed by atoms with Gasteiger partial charge in [-0.2, -0.15) is 0 Å². The molecule has 0 fully saturated rings. The van der Waals surface area contributed by atoms with Gasteiger partial charge in [0.2, 0.25) is 0 Å². The zero-order chi connectivity index (χ0) is 9.23. The fourth-order valence-corrected chi connectivity index (χ4v) is 0.870. The predicted molar refractivity (Wildman–Crippen MR) is 52.5 cm³/mol. The number of unbranched alkanes of at least 4 members (excludes halogenated alkanes) is 4. The Kier molecular flexibility index (Phi) is 7.55. The Balaban J connectivity index is 3.24. The molecule has 0 aliphatic carbocycles. The van der Waals surface area contributed by atoms with E-state index in [1.54, 1.807) is 6.21 Å². The van der Waals surface area contributed by atoms with Crippen LogP contribution >= 0.6 is 0 Å². The summed E-state index contributed by atoms with van der Waals surface area (Å²) in [7, 11) is 0. The van der Waals surface area contributed by atoms with E-state index < -0.39 is 0 Å². The SMILES string of the molecule is C=CC(=O)N=CCCCCCC. The van der Waals surface area contributed by atoms with Crippen LogP contribution in [0.2, 0.25) is 0 Å². The second-order valence-electron chi connectivity index (χ2n) is 2.70. The zero-order valence-electron chi connectivity index (χ0n) is 7.75. The number of rotatable bonds is 6. The molecule has 0 unspecified atom stereocenters. The van der Waals surface area contributed by atoms with Gasteiger partial charge < -0.3 is 0 Å². The lowest BCUT2D eigenvalue weighted by Crippen LogP contribution is -1.86. The maximum absolute atomic E-state index is 10.6. The summed E-state index contributed by atoms with van der Waals surface area (Å²) in [5, 5.41) is 0. The van der Waals surface area contributed by atoms with Crippen molar-refractivity contribution in [3.63, 3.8) is 0 Å². The number of hydrogen-bond donors (Lipinski definition) is 0. The van der Waals surface area contributed by atoms with E-state index in [4.69, 9.17) is 0 Å². The fourth-order valence-electron chi connectivity index (χ4n) is 0.870. The third kappa shape index (κ3) is 7.19. The molecule has 0 aromatic heterocycles. The largest absolute Gasteiger partial charge is 0.268 e. The molecule has 0 aromatic carbocycles. The van der Waals surface area contributed by atoms with Crippen LogP contribution in [-0.4, -0.2) is 12.1 Å². The Morgan fingerprint density at radius 1 is 1.42 bits per heavy atom. The molecule has 0 spiro atoms. The number of carbonyl (C=O) groups is 1. The highest BCUT2D eigenvalue weighted by molar-refractivity contribution is 5.92. The molecule has 0 aliphatic heterocycles. The first-order valence-electron chi connectivity index (χ1n) is 4.50. The fraction of sp³-hybridized carbons (Fsp3) is 0.600. The summed E-state index contributed by atoms with van der Waals surface area (Å²) >= 11 is 0. The number of carbonyl (C=O) groups excluding carboxylic acids is 1. The molecule has 0 aromatic rings. The third-order valence-corrected chi connectivity index (χ3v) is 1.58. The lowest BCUT2D eigenvalue weighted by atomic mass is 10.2. The number of nitrogens with zero attached hydrogens (tertiary/aromatic N) is 1. The van der Waals surface area contributed by atoms with Crippen molar-refractivity contribution in [1.29, 1.82) is 0 Å². The second kappa shape index (κ2) is 8.18. The van der Waals surface area contributed by atoms with Gasteiger partial charge in [-0.05, 0) is 18.9 Å². The summed E-state index contributed by atoms with van der Waals surface area (Å²) in [6, 6.07) is 0. The molecule has 0 saturated heterocycles. The minimum Gasteiger partial charge on any atom is -0.268 e. The highest BCUT2D eigenvalue weighted by Crippen LogP contribution is 2.00. The Hall–Kier alpha value is -0.920. The molecule has 2 nitrogen and oxygen atoms in total. The Bertz CT molecular complexity index is 161. The first kappa shape index (κ1) is 11.1. The van der Waals surface area contributed by atoms with Gasteiger partial charge in [0.15, 0.2) is 0 Å². The van der Waals surface area contributed by atoms with E-state index in [-0.39, 0.29) is 5.91 Å². The van der Waals surface area contributed by atoms with Gasteiger partial charge in [-0.3, -0.25) is 4.79 Å². The smallest absolute Gasteiger partial charge is 0.268 e. The van der Waals surface area contributed by atoms with Crippen molar-refractivity contribution < 1.29 is 4.79 Å². The Morgan fingerprint density at radius 2 is 2.17 bits per heavy atom. The van der Waals surface area contributed by atoms with E-state index in [2.05, 4.69) is 18.5 Å². The molecule has 0 N–H and O–H groups in total. The summed E-state index contributed by atoms with van der Waals surface area (Å²) in [6.45, 7) is 5.50. The minimum absolute atomic E-state index is 0.245. The van der Waals surface area contributed by atoms with Crippen LogP contribution in [0.3, 0.4) is 0 Å². The van der Waals surface area contributed by atoms with Crippen LogP contribution in [0.4, 0.5) is 0 Å². The second-order valence-corrected chi connectivity index (χ2v) is 2.70. The maximum atomic E-state index is 10.6. The van der Waals surface area contributed by atoms with Crippen molar-refractivity contribution in [1.82, 2.24) is 0 Å². The molecule has 1 amide bonds. The lowest BCUT2D eigenvalue weighted by Gasteiger charge is -1.92. The van der Waals surface area contributed by atoms with E-state index in [0.29, 0.717) is 0 Å². The van der Waals surface area contributed by atoms with E-state index in [0.717, 1.165) is 12.8 Å². The van der Waals surface area contributed by atoms with Gasteiger partial charge in [0.1, 0.15) is 0 Å². The van der Waals surface area contributed by atoms with Crippen LogP contribution in [0, 0.1) is 0 Å². The van der Waals surface area contributed by atoms with Gasteiger partial charge >= 0.3 is 0 Å². The average Bonchev–Trinajstić information content (AvgIpc) is 2.10. The van der Waals surface area contributed by atoms with Crippen LogP contribution in [0.15, 0.2) is 17.6 Å². The van der Waals surface area contributed by atoms with Crippen molar-refractivity contribution in [2.75, 3.05) is 0 Å². The highest BCUT2D eigenvalue weighted by Gasteiger charge is 1.87. The average molecular weight is 167 g/mol. The van der Waals surface area contributed by atoms with E-state index in [1.165, 1.54) is 25.3 Å². The number of aliphatic imine (C=N–C) groups is 1. The normalized spacial score (nSPS) is 10.4. The van der Waals surface area contributed by atoms with Crippen molar-refractivity contribution in [3.8, 4) is 0 Å². The first-order valence-corrected chi connectivity index (χ1v) is 4.50. The molecule has 0 rings (SSSR count). The van der Waals surface area contributed by atoms with Crippen LogP contribution < -0.4 is 0 Å². The molecule has 0 atom stereocenters. The monoisotopic (exact) mass is 167 g/mol. The van der Waals surface area contributed by atoms with Crippen molar-refractivity contribution >= 4 is 12.1 Å². The number of amides is 1. The molecule has 12 heavy (non-hydrogen) atoms. The predicted octanol–water partition coefficient (Wildman–Crippen LogP) is 2.74. The first-order chi connectivity index (χ1) is 5.81. The molecule has 0 bridgehead atoms. The van der Waals surface area contributed by atoms with Gasteiger partial charge in [0.05, 0.1) is 0 Å². The van der Waals surface area contributed by atoms with Gasteiger partial charge in [0.25, 0.3) is 5.91 Å². The molecule has 0 aliphatic rings. The zero-order valence-corrected chi connectivity index (χ0v) is 7.75. The quantitative estimate of drug-likeness (QED) is 0.340. The molecule has 0 heterocycles. The summed E-state index contributed by atoms with van der Waals surface area (Å²) < 4.78 is 0. The summed E-state index contributed by atoms with van der Waals surface area (Å²) in [6.07, 6.45) is 8.67. The summed E-state index contributed by atoms with van der Waals surface area (Å²) in [4.78, 5) is 14.2. The topological polar surface area (TPSA) is 29.4 Å². The molecular weight excluding hydrogens is 150 g/mol. The molecule has 2 heteroatoms. The van der Waals surface area contributed by atoms with Gasteiger partial charge in [-0.15, -0.1) is 0 Å². The van der Waals surface area contributed by atoms with Crippen molar-refractivity contribution in [2.45, 2.75) is 39.0 Å². The Morgan fingerprint density at radius 3 is 2.75 bits per heavy atom. The van der Waals surface area contributed by atoms with Crippen LogP contribution in [0.25, 0.3) is 0 Å². The summed E-state index contributed by atoms with van der Waals surface area (Å²) in [5.41, 5.74) is 0. The van der Waals surface area contributed by atoms with E-state index >= 15 is 0 Å². The van der Waals surface area contributed by atoms with E-state index in [1.807, 2.05) is 0 Å². The van der Waals surface area contributed by atoms with Crippen LogP contribution in [0.5, 0.6) is 0 Å². The van der Waals surface area contributed by atoms with Crippen molar-refractivity contribution in [3.05, 3.63) is 12.7 Å². The lowest BCUT2D eigenvalue weighted by molar-refractivity contribution is -0.113. The van der Waals surface area contributed by atoms with Crippen LogP contribution in [-0.2, 0) is 4.79 Å². The highest BCUT2D eigenvalue weighted by atomic mass is 16.1. The Labute approximate surface area is 74.4 Å². The maximum Gasteiger partial charge on any atom is 0.268 e. The van der Waals surface area contributed by atoms with Crippen molar-refractivity contribution in [2.24, 2.45) is 4.99 Å². The number of hydrogen-bond acceptors (Lipinski definition) is 1. The minimum atomic E-state index is -0.245. The van der Waals surface area contributed by atoms with Gasteiger partial charge in [0, 0.05) is 6.21 Å². The van der Waals surface area contributed by atoms with Gasteiger partial charge in [-0.25, -0.2) is 4.99 Å². The summed E-state index contributed by atoms with van der Waals surface area (Å²) in [5.74, 6) is -0.245. The third-order valence-electron chi connectivity index (χ3n) is 1.58.